The predicted molar refractivity (Wildman–Crippen MR) is 107 cm³/mol. The number of aromatic nitrogens is 1. The number of hydrogen-bond donors (Lipinski definition) is 2. The van der Waals surface area contributed by atoms with Gasteiger partial charge in [0.25, 0.3) is 5.56 Å². The average Bonchev–Trinajstić information content (AvgIpc) is 3.26. The molecule has 0 bridgehead atoms. The highest BCUT2D eigenvalue weighted by Crippen LogP contribution is 2.41. The van der Waals surface area contributed by atoms with Gasteiger partial charge in [0.1, 0.15) is 10.4 Å². The van der Waals surface area contributed by atoms with Gasteiger partial charge in [-0.15, -0.1) is 11.3 Å². The Morgan fingerprint density at radius 3 is 2.85 bits per heavy atom. The number of fused-ring (bicyclic) bond motifs is 4. The van der Waals surface area contributed by atoms with Gasteiger partial charge in [0, 0.05) is 27.9 Å². The molecule has 2 aromatic heterocycles. The second-order valence-electron chi connectivity index (χ2n) is 6.83. The van der Waals surface area contributed by atoms with E-state index < -0.39 is 0 Å². The average molecular weight is 362 g/mol. The Morgan fingerprint density at radius 1 is 1.15 bits per heavy atom. The second kappa shape index (κ2) is 5.69. The second-order valence-corrected chi connectivity index (χ2v) is 7.75. The van der Waals surface area contributed by atoms with Crippen molar-refractivity contribution in [3.05, 3.63) is 63.3 Å². The van der Waals surface area contributed by atoms with Gasteiger partial charge in [0.05, 0.1) is 7.11 Å². The number of ether oxygens (including phenoxy) is 1. The molecule has 4 nitrogen and oxygen atoms in total. The van der Waals surface area contributed by atoms with Crippen molar-refractivity contribution >= 4 is 32.3 Å². The van der Waals surface area contributed by atoms with Crippen LogP contribution in [0.15, 0.2) is 46.6 Å². The third kappa shape index (κ3) is 2.21. The van der Waals surface area contributed by atoms with Crippen molar-refractivity contribution in [3.63, 3.8) is 0 Å². The molecule has 2 heterocycles. The number of aromatic amines is 1. The van der Waals surface area contributed by atoms with Crippen LogP contribution in [0.2, 0.25) is 0 Å². The zero-order valence-electron chi connectivity index (χ0n) is 14.3. The summed E-state index contributed by atoms with van der Waals surface area (Å²) >= 11 is 1.47. The summed E-state index contributed by atoms with van der Waals surface area (Å²) in [5, 5.41) is 3.96. The minimum absolute atomic E-state index is 0.0430. The summed E-state index contributed by atoms with van der Waals surface area (Å²) in [5.74, 6) is 0.805. The largest absolute Gasteiger partial charge is 0.496 e. The van der Waals surface area contributed by atoms with E-state index in [2.05, 4.69) is 23.2 Å². The fourth-order valence-corrected chi connectivity index (χ4v) is 4.89. The van der Waals surface area contributed by atoms with E-state index in [0.717, 1.165) is 50.7 Å². The van der Waals surface area contributed by atoms with Gasteiger partial charge in [0.15, 0.2) is 0 Å². The Bertz CT molecular complexity index is 1220. The number of nitrogens with one attached hydrogen (secondary N) is 1. The van der Waals surface area contributed by atoms with Crippen LogP contribution in [0.5, 0.6) is 5.75 Å². The Hall–Kier alpha value is -2.63. The topological polar surface area (TPSA) is 68.1 Å². The van der Waals surface area contributed by atoms with Crippen LogP contribution in [0.3, 0.4) is 0 Å². The van der Waals surface area contributed by atoms with Crippen LogP contribution >= 0.6 is 11.3 Å². The summed E-state index contributed by atoms with van der Waals surface area (Å²) < 4.78 is 6.44. The molecule has 0 saturated carbocycles. The van der Waals surface area contributed by atoms with Crippen molar-refractivity contribution in [3.8, 4) is 16.9 Å². The van der Waals surface area contributed by atoms with Crippen LogP contribution in [0.1, 0.15) is 11.1 Å². The van der Waals surface area contributed by atoms with Crippen molar-refractivity contribution in [1.82, 2.24) is 4.98 Å². The molecular weight excluding hydrogens is 344 g/mol. The van der Waals surface area contributed by atoms with Crippen molar-refractivity contribution in [2.24, 2.45) is 5.73 Å². The van der Waals surface area contributed by atoms with E-state index in [1.165, 1.54) is 22.5 Å². The lowest BCUT2D eigenvalue weighted by Crippen LogP contribution is -2.18. The summed E-state index contributed by atoms with van der Waals surface area (Å²) in [7, 11) is 1.68. The molecule has 1 atom stereocenters. The highest BCUT2D eigenvalue weighted by molar-refractivity contribution is 7.17. The molecule has 26 heavy (non-hydrogen) atoms. The van der Waals surface area contributed by atoms with E-state index in [1.54, 1.807) is 7.11 Å². The number of methoxy groups -OCH3 is 1. The minimum atomic E-state index is -0.0430. The fraction of sp³-hybridized carbons (Fsp3) is 0.190. The lowest BCUT2D eigenvalue weighted by Gasteiger charge is -2.14. The van der Waals surface area contributed by atoms with E-state index in [4.69, 9.17) is 10.5 Å². The standard InChI is InChI=1S/C21H18N2O2S/c1-25-17-5-4-16-19(15-6-7-26-20(15)21(24)23-16)18(17)12-3-2-11-9-14(22)10-13(11)8-12/h2-8,14H,9-10,22H2,1H3,(H,23,24). The first-order valence-corrected chi connectivity index (χ1v) is 9.51. The number of H-pyrrole nitrogens is 1. The fourth-order valence-electron chi connectivity index (χ4n) is 4.09. The number of pyridine rings is 1. The summed E-state index contributed by atoms with van der Waals surface area (Å²) in [4.78, 5) is 15.4. The van der Waals surface area contributed by atoms with Gasteiger partial charge in [-0.25, -0.2) is 0 Å². The summed E-state index contributed by atoms with van der Waals surface area (Å²) in [5.41, 5.74) is 11.7. The first kappa shape index (κ1) is 15.6. The lowest BCUT2D eigenvalue weighted by atomic mass is 9.95. The molecule has 5 heteroatoms. The van der Waals surface area contributed by atoms with Crippen LogP contribution in [0.4, 0.5) is 0 Å². The molecule has 0 fully saturated rings. The van der Waals surface area contributed by atoms with Crippen LogP contribution in [-0.4, -0.2) is 18.1 Å². The number of rotatable bonds is 2. The van der Waals surface area contributed by atoms with E-state index in [-0.39, 0.29) is 11.6 Å². The third-order valence-corrected chi connectivity index (χ3v) is 6.15. The van der Waals surface area contributed by atoms with E-state index in [1.807, 2.05) is 23.6 Å². The molecule has 0 amide bonds. The van der Waals surface area contributed by atoms with E-state index >= 15 is 0 Å². The summed E-state index contributed by atoms with van der Waals surface area (Å²) in [6.07, 6.45) is 1.84. The normalized spacial score (nSPS) is 16.3. The number of nitrogens with two attached hydrogens (primary N) is 1. The molecule has 0 saturated heterocycles. The summed E-state index contributed by atoms with van der Waals surface area (Å²) in [6, 6.07) is 12.6. The monoisotopic (exact) mass is 362 g/mol. The quantitative estimate of drug-likeness (QED) is 0.569. The highest BCUT2D eigenvalue weighted by atomic mass is 32.1. The zero-order chi connectivity index (χ0) is 17.8. The van der Waals surface area contributed by atoms with Crippen LogP contribution in [-0.2, 0) is 12.8 Å². The molecule has 4 aromatic rings. The number of benzene rings is 2. The minimum Gasteiger partial charge on any atom is -0.496 e. The zero-order valence-corrected chi connectivity index (χ0v) is 15.2. The molecule has 2 aromatic carbocycles. The van der Waals surface area contributed by atoms with Gasteiger partial charge in [0.2, 0.25) is 0 Å². The maximum absolute atomic E-state index is 12.4. The maximum atomic E-state index is 12.4. The Labute approximate surface area is 154 Å². The Balaban J connectivity index is 1.88. The SMILES string of the molecule is COc1ccc2[nH]c(=O)c3sccc3c2c1-c1ccc2c(c1)CC(N)C2. The lowest BCUT2D eigenvalue weighted by molar-refractivity contribution is 0.417. The highest BCUT2D eigenvalue weighted by Gasteiger charge is 2.21. The maximum Gasteiger partial charge on any atom is 0.266 e. The molecule has 1 unspecified atom stereocenters. The molecule has 0 spiro atoms. The molecule has 5 rings (SSSR count). The van der Waals surface area contributed by atoms with Gasteiger partial charge >= 0.3 is 0 Å². The van der Waals surface area contributed by atoms with Gasteiger partial charge in [-0.2, -0.15) is 0 Å². The number of thiophene rings is 1. The van der Waals surface area contributed by atoms with Crippen LogP contribution in [0, 0.1) is 0 Å². The van der Waals surface area contributed by atoms with Crippen molar-refractivity contribution in [2.45, 2.75) is 18.9 Å². The smallest absolute Gasteiger partial charge is 0.266 e. The van der Waals surface area contributed by atoms with Crippen molar-refractivity contribution in [2.75, 3.05) is 7.11 Å². The molecule has 0 radical (unpaired) electrons. The van der Waals surface area contributed by atoms with Crippen molar-refractivity contribution in [1.29, 1.82) is 0 Å². The van der Waals surface area contributed by atoms with Crippen molar-refractivity contribution < 1.29 is 4.74 Å². The molecule has 3 N–H and O–H groups in total. The molecule has 1 aliphatic carbocycles. The first-order valence-electron chi connectivity index (χ1n) is 8.63. The Morgan fingerprint density at radius 2 is 2.00 bits per heavy atom. The molecular formula is C21H18N2O2S. The summed E-state index contributed by atoms with van der Waals surface area (Å²) in [6.45, 7) is 0. The third-order valence-electron chi connectivity index (χ3n) is 5.24. The van der Waals surface area contributed by atoms with Gasteiger partial charge in [-0.1, -0.05) is 18.2 Å². The van der Waals surface area contributed by atoms with Crippen LogP contribution < -0.4 is 16.0 Å². The van der Waals surface area contributed by atoms with Gasteiger partial charge in [-0.05, 0) is 53.1 Å². The molecule has 0 aliphatic heterocycles. The van der Waals surface area contributed by atoms with Gasteiger partial charge in [-0.3, -0.25) is 4.79 Å². The predicted octanol–water partition coefficient (Wildman–Crippen LogP) is 3.84. The van der Waals surface area contributed by atoms with Crippen LogP contribution in [0.25, 0.3) is 32.1 Å². The number of hydrogen-bond acceptors (Lipinski definition) is 4. The Kier molecular flexibility index (Phi) is 3.42. The van der Waals surface area contributed by atoms with E-state index in [0.29, 0.717) is 0 Å². The van der Waals surface area contributed by atoms with Gasteiger partial charge < -0.3 is 15.5 Å². The molecule has 1 aliphatic rings. The molecule has 130 valence electrons. The first-order chi connectivity index (χ1) is 12.7. The van der Waals surface area contributed by atoms with E-state index in [9.17, 15) is 4.79 Å².